The number of carbonyl (C=O) groups is 3. The van der Waals surface area contributed by atoms with E-state index in [-0.39, 0.29) is 51.1 Å². The number of benzene rings is 1. The number of sulfone groups is 1. The lowest BCUT2D eigenvalue weighted by atomic mass is 9.73. The number of fused-ring (bicyclic) bond motifs is 3. The highest BCUT2D eigenvalue weighted by Crippen LogP contribution is 2.47. The second-order valence-corrected chi connectivity index (χ2v) is 15.3. The van der Waals surface area contributed by atoms with Gasteiger partial charge < -0.3 is 36.0 Å². The van der Waals surface area contributed by atoms with Gasteiger partial charge in [0.15, 0.2) is 34.9 Å². The molecule has 0 saturated heterocycles. The number of amides is 3. The van der Waals surface area contributed by atoms with E-state index in [0.29, 0.717) is 28.2 Å². The van der Waals surface area contributed by atoms with Crippen LogP contribution in [0.15, 0.2) is 53.6 Å². The minimum Gasteiger partial charge on any atom is -0.390 e. The van der Waals surface area contributed by atoms with E-state index in [1.165, 1.54) is 38.4 Å². The zero-order valence-electron chi connectivity index (χ0n) is 29.6. The highest BCUT2D eigenvalue weighted by atomic mass is 32.2. The molecule has 6 rings (SSSR count). The van der Waals surface area contributed by atoms with Crippen LogP contribution in [-0.2, 0) is 20.3 Å². The number of nitrogens with one attached hydrogen (secondary N) is 3. The molecule has 5 N–H and O–H groups in total. The predicted octanol–water partition coefficient (Wildman–Crippen LogP) is 0.439. The van der Waals surface area contributed by atoms with Gasteiger partial charge in [0.25, 0.3) is 11.8 Å². The molecule has 1 aliphatic heterocycles. The molecule has 1 saturated carbocycles. The Bertz CT molecular complexity index is 2290. The molecule has 1 fully saturated rings. The Kier molecular flexibility index (Phi) is 10.0. The molecule has 2 atom stereocenters. The van der Waals surface area contributed by atoms with Crippen LogP contribution in [-0.4, -0.2) is 116 Å². The lowest BCUT2D eigenvalue weighted by Gasteiger charge is -2.37. The molecule has 54 heavy (non-hydrogen) atoms. The fourth-order valence-electron chi connectivity index (χ4n) is 5.80. The van der Waals surface area contributed by atoms with E-state index >= 15 is 0 Å². The number of rotatable bonds is 11. The van der Waals surface area contributed by atoms with Crippen molar-refractivity contribution in [3.8, 4) is 11.3 Å². The van der Waals surface area contributed by atoms with Crippen molar-refractivity contribution in [2.45, 2.75) is 48.8 Å². The van der Waals surface area contributed by atoms with Crippen LogP contribution in [0, 0.1) is 5.92 Å². The average Bonchev–Trinajstić information content (AvgIpc) is 3.98. The van der Waals surface area contributed by atoms with Crippen LogP contribution in [0.25, 0.3) is 11.3 Å². The molecular formula is C33H33B3N10O7S. The number of anilines is 4. The molecular weight excluding hydrogens is 713 g/mol. The molecule has 17 nitrogen and oxygen atoms in total. The predicted molar refractivity (Wildman–Crippen MR) is 199 cm³/mol. The van der Waals surface area contributed by atoms with Gasteiger partial charge in [0.2, 0.25) is 5.91 Å². The molecule has 4 heterocycles. The largest absolute Gasteiger partial charge is 0.390 e. The minimum absolute atomic E-state index is 0.0745. The van der Waals surface area contributed by atoms with E-state index in [1.807, 2.05) is 17.1 Å². The summed E-state index contributed by atoms with van der Waals surface area (Å²) in [7, 11) is 16.3. The Hall–Kier alpha value is -5.40. The summed E-state index contributed by atoms with van der Waals surface area (Å²) in [6.07, 6.45) is 2.68. The summed E-state index contributed by atoms with van der Waals surface area (Å²) < 4.78 is 24.9. The molecule has 3 aromatic heterocycles. The normalized spacial score (nSPS) is 16.3. The number of nitrogens with zero attached hydrogens (tertiary/aromatic N) is 7. The van der Waals surface area contributed by atoms with Crippen LogP contribution < -0.4 is 20.9 Å². The number of pyridine rings is 1. The van der Waals surface area contributed by atoms with Gasteiger partial charge in [-0.2, -0.15) is 0 Å². The fourth-order valence-corrected chi connectivity index (χ4v) is 6.70. The lowest BCUT2D eigenvalue weighted by molar-refractivity contribution is -0.117. The van der Waals surface area contributed by atoms with E-state index < -0.39 is 38.8 Å². The molecule has 0 spiro atoms. The van der Waals surface area contributed by atoms with Crippen molar-refractivity contribution in [3.63, 3.8) is 0 Å². The maximum atomic E-state index is 13.7. The van der Waals surface area contributed by atoms with Crippen LogP contribution in [0.4, 0.5) is 22.9 Å². The maximum absolute atomic E-state index is 13.7. The third kappa shape index (κ3) is 7.51. The third-order valence-corrected chi connectivity index (χ3v) is 10.9. The second kappa shape index (κ2) is 14.1. The van der Waals surface area contributed by atoms with Gasteiger partial charge >= 0.3 is 0 Å². The Labute approximate surface area is 314 Å². The summed E-state index contributed by atoms with van der Waals surface area (Å²) in [6, 6.07) is 10.1. The molecule has 0 bridgehead atoms. The molecule has 2 aliphatic rings. The Balaban J connectivity index is 1.34. The fraction of sp³-hybridized carbons (Fsp3) is 0.333. The Morgan fingerprint density at radius 1 is 1.02 bits per heavy atom. The van der Waals surface area contributed by atoms with Crippen molar-refractivity contribution >= 4 is 74.0 Å². The van der Waals surface area contributed by atoms with Crippen molar-refractivity contribution in [2.75, 3.05) is 35.4 Å². The first-order valence-corrected chi connectivity index (χ1v) is 18.3. The molecule has 2 unspecified atom stereocenters. The van der Waals surface area contributed by atoms with Crippen LogP contribution in [0.2, 0.25) is 0 Å². The van der Waals surface area contributed by atoms with Gasteiger partial charge in [-0.3, -0.25) is 19.4 Å². The summed E-state index contributed by atoms with van der Waals surface area (Å²) in [5.74, 6) is -2.26. The number of aromatic nitrogens is 5. The highest BCUT2D eigenvalue weighted by Gasteiger charge is 2.37. The average molecular weight is 746 g/mol. The number of aliphatic hydroxyl groups is 2. The highest BCUT2D eigenvalue weighted by molar-refractivity contribution is 7.91. The third-order valence-electron chi connectivity index (χ3n) is 9.17. The maximum Gasteiger partial charge on any atom is 0.276 e. The number of carbonyl (C=O) groups excluding carboxylic acids is 3. The first-order chi connectivity index (χ1) is 25.3. The van der Waals surface area contributed by atoms with Gasteiger partial charge in [0, 0.05) is 48.9 Å². The molecule has 1 aliphatic carbocycles. The van der Waals surface area contributed by atoms with Crippen molar-refractivity contribution in [1.29, 1.82) is 0 Å². The number of para-hydroxylation sites is 1. The second-order valence-electron chi connectivity index (χ2n) is 13.1. The number of hydrogen-bond donors (Lipinski definition) is 5. The standard InChI is InChI=1S/C33H33B3N10O7S/c1-5-54(52,53)18-11-12-37-24(13-18)32(34,50)46(4)31(49)23-14-20-16(2)45(3)28-19(26(20)43-41-23)7-6-8-21(28)38-22-15-25(39-29(47)17-9-10-17)42-44-27(22)30(48)40-33(35,36)51/h6-8,11-17,50-51H,5,9-10H2,1-4H3,(H,40,48)(H2,38,39,42,47). The molecule has 3 amide bonds. The quantitative estimate of drug-likeness (QED) is 0.104. The van der Waals surface area contributed by atoms with E-state index in [0.717, 1.165) is 23.8 Å². The summed E-state index contributed by atoms with van der Waals surface area (Å²) in [5.41, 5.74) is -2.99. The van der Waals surface area contributed by atoms with Crippen molar-refractivity contribution < 1.29 is 33.0 Å². The minimum atomic E-state index is -3.66. The summed E-state index contributed by atoms with van der Waals surface area (Å²) >= 11 is 0. The van der Waals surface area contributed by atoms with Crippen LogP contribution in [0.5, 0.6) is 0 Å². The van der Waals surface area contributed by atoms with Gasteiger partial charge in [0.1, 0.15) is 27.0 Å². The van der Waals surface area contributed by atoms with E-state index in [1.54, 1.807) is 25.2 Å². The molecule has 6 radical (unpaired) electrons. The monoisotopic (exact) mass is 746 g/mol. The topological polar surface area (TPSA) is 233 Å². The summed E-state index contributed by atoms with van der Waals surface area (Å²) in [5, 5.41) is 45.5. The molecule has 272 valence electrons. The summed E-state index contributed by atoms with van der Waals surface area (Å²) in [6.45, 7) is 3.33. The molecule has 21 heteroatoms. The smallest absolute Gasteiger partial charge is 0.276 e. The Morgan fingerprint density at radius 3 is 2.41 bits per heavy atom. The van der Waals surface area contributed by atoms with Crippen molar-refractivity contribution in [1.82, 2.24) is 35.6 Å². The number of hydrogen-bond acceptors (Lipinski definition) is 14. The molecule has 1 aromatic carbocycles. The lowest BCUT2D eigenvalue weighted by Crippen LogP contribution is -2.49. The first-order valence-electron chi connectivity index (χ1n) is 16.6. The van der Waals surface area contributed by atoms with E-state index in [2.05, 4.69) is 36.0 Å². The van der Waals surface area contributed by atoms with Crippen LogP contribution >= 0.6 is 0 Å². The van der Waals surface area contributed by atoms with Gasteiger partial charge in [-0.1, -0.05) is 19.1 Å². The van der Waals surface area contributed by atoms with E-state index in [4.69, 9.17) is 23.5 Å². The zero-order chi connectivity index (χ0) is 39.3. The SMILES string of the molecule is [B]C([B])(O)NC(=O)c1nnc(NC(=O)C2CC2)cc1Nc1cccc2c1N(C)C(C)c1cc(C(=O)N(C)C([B])(O)c3cc(S(=O)(=O)CC)ccn3)nnc1-2. The van der Waals surface area contributed by atoms with Gasteiger partial charge in [-0.15, -0.1) is 20.4 Å². The van der Waals surface area contributed by atoms with E-state index in [9.17, 15) is 33.0 Å². The Morgan fingerprint density at radius 2 is 1.74 bits per heavy atom. The summed E-state index contributed by atoms with van der Waals surface area (Å²) in [4.78, 5) is 45.8. The van der Waals surface area contributed by atoms with Crippen LogP contribution in [0.1, 0.15) is 65.0 Å². The van der Waals surface area contributed by atoms with Gasteiger partial charge in [0.05, 0.1) is 39.4 Å². The van der Waals surface area contributed by atoms with Crippen molar-refractivity contribution in [3.05, 3.63) is 71.3 Å². The zero-order valence-corrected chi connectivity index (χ0v) is 30.4. The van der Waals surface area contributed by atoms with Gasteiger partial charge in [-0.25, -0.2) is 8.42 Å². The first kappa shape index (κ1) is 38.3. The van der Waals surface area contributed by atoms with Crippen LogP contribution in [0.3, 0.4) is 0 Å². The van der Waals surface area contributed by atoms with Crippen molar-refractivity contribution in [2.24, 2.45) is 5.92 Å². The van der Waals surface area contributed by atoms with Gasteiger partial charge in [-0.05, 0) is 44.0 Å². The molecule has 4 aromatic rings.